The van der Waals surface area contributed by atoms with E-state index in [0.29, 0.717) is 13.1 Å². The van der Waals surface area contributed by atoms with E-state index >= 15 is 0 Å². The van der Waals surface area contributed by atoms with E-state index in [2.05, 4.69) is 22.3 Å². The zero-order valence-electron chi connectivity index (χ0n) is 14.4. The first-order valence-corrected chi connectivity index (χ1v) is 8.24. The van der Waals surface area contributed by atoms with Gasteiger partial charge in [-0.1, -0.05) is 12.1 Å². The lowest BCUT2D eigenvalue weighted by molar-refractivity contribution is -0.139. The first-order valence-electron chi connectivity index (χ1n) is 8.24. The second kappa shape index (κ2) is 7.43. The molecule has 132 valence electrons. The minimum Gasteiger partial charge on any atom is -0.353 e. The Hall–Kier alpha value is -2.74. The zero-order valence-corrected chi connectivity index (χ0v) is 14.4. The van der Waals surface area contributed by atoms with E-state index in [1.165, 1.54) is 6.33 Å². The molecule has 2 aromatic rings. The summed E-state index contributed by atoms with van der Waals surface area (Å²) in [5.74, 6) is -0.123. The lowest BCUT2D eigenvalue weighted by atomic mass is 10.1. The van der Waals surface area contributed by atoms with Gasteiger partial charge >= 0.3 is 0 Å². The van der Waals surface area contributed by atoms with Gasteiger partial charge in [0.2, 0.25) is 11.8 Å². The van der Waals surface area contributed by atoms with E-state index < -0.39 is 0 Å². The number of benzene rings is 1. The first-order chi connectivity index (χ1) is 12.0. The molecule has 0 saturated carbocycles. The van der Waals surface area contributed by atoms with Crippen LogP contribution in [0.25, 0.3) is 5.69 Å². The molecule has 2 amide bonds. The van der Waals surface area contributed by atoms with Gasteiger partial charge in [-0.2, -0.15) is 5.10 Å². The molecular formula is C17H22N6O2. The standard InChI is InChI=1S/C17H22N6O2/c1-13(14-3-5-15(6-4-14)23-12-18-11-20-23)21(2)10-17(25)22-8-7-19-16(24)9-22/h3-6,11-13H,7-10H2,1-2H3,(H,19,24)/t13-/m1/s1. The summed E-state index contributed by atoms with van der Waals surface area (Å²) in [6, 6.07) is 8.08. The number of likely N-dealkylation sites (N-methyl/N-ethyl adjacent to an activating group) is 1. The molecule has 25 heavy (non-hydrogen) atoms. The van der Waals surface area contributed by atoms with Gasteiger partial charge in [0, 0.05) is 19.1 Å². The van der Waals surface area contributed by atoms with Crippen LogP contribution >= 0.6 is 0 Å². The van der Waals surface area contributed by atoms with Crippen molar-refractivity contribution >= 4 is 11.8 Å². The molecule has 2 heterocycles. The van der Waals surface area contributed by atoms with Crippen molar-refractivity contribution in [2.75, 3.05) is 33.2 Å². The molecule has 1 atom stereocenters. The maximum absolute atomic E-state index is 12.4. The molecule has 8 nitrogen and oxygen atoms in total. The SMILES string of the molecule is C[C@H](c1ccc(-n2cncn2)cc1)N(C)CC(=O)N1CCNC(=O)C1. The summed E-state index contributed by atoms with van der Waals surface area (Å²) in [5, 5.41) is 6.83. The van der Waals surface area contributed by atoms with Crippen molar-refractivity contribution in [3.8, 4) is 5.69 Å². The highest BCUT2D eigenvalue weighted by atomic mass is 16.2. The molecule has 1 aromatic carbocycles. The molecule has 0 spiro atoms. The van der Waals surface area contributed by atoms with Crippen molar-refractivity contribution in [2.24, 2.45) is 0 Å². The first kappa shape index (κ1) is 17.1. The molecule has 1 aromatic heterocycles. The highest BCUT2D eigenvalue weighted by Gasteiger charge is 2.23. The molecule has 0 radical (unpaired) electrons. The second-order valence-corrected chi connectivity index (χ2v) is 6.19. The number of hydrogen-bond donors (Lipinski definition) is 1. The second-order valence-electron chi connectivity index (χ2n) is 6.19. The number of nitrogens with one attached hydrogen (secondary N) is 1. The predicted molar refractivity (Wildman–Crippen MR) is 92.0 cm³/mol. The van der Waals surface area contributed by atoms with Crippen molar-refractivity contribution in [1.82, 2.24) is 29.9 Å². The Morgan fingerprint density at radius 1 is 1.36 bits per heavy atom. The van der Waals surface area contributed by atoms with Crippen LogP contribution in [0.3, 0.4) is 0 Å². The fourth-order valence-electron chi connectivity index (χ4n) is 2.80. The Labute approximate surface area is 146 Å². The highest BCUT2D eigenvalue weighted by Crippen LogP contribution is 2.20. The third-order valence-electron chi connectivity index (χ3n) is 4.50. The van der Waals surface area contributed by atoms with E-state index in [1.807, 2.05) is 36.2 Å². The Kier molecular flexibility index (Phi) is 5.08. The average Bonchev–Trinajstić information content (AvgIpc) is 3.16. The summed E-state index contributed by atoms with van der Waals surface area (Å²) in [6.45, 7) is 3.57. The maximum Gasteiger partial charge on any atom is 0.239 e. The molecule has 0 aliphatic carbocycles. The largest absolute Gasteiger partial charge is 0.353 e. The van der Waals surface area contributed by atoms with E-state index in [9.17, 15) is 9.59 Å². The topological polar surface area (TPSA) is 83.4 Å². The van der Waals surface area contributed by atoms with E-state index in [-0.39, 0.29) is 30.9 Å². The van der Waals surface area contributed by atoms with Crippen LogP contribution in [-0.2, 0) is 9.59 Å². The highest BCUT2D eigenvalue weighted by molar-refractivity contribution is 5.86. The molecule has 8 heteroatoms. The van der Waals surface area contributed by atoms with Gasteiger partial charge < -0.3 is 10.2 Å². The van der Waals surface area contributed by atoms with Crippen LogP contribution in [0.4, 0.5) is 0 Å². The lowest BCUT2D eigenvalue weighted by Gasteiger charge is -2.30. The van der Waals surface area contributed by atoms with Crippen LogP contribution in [0.15, 0.2) is 36.9 Å². The van der Waals surface area contributed by atoms with E-state index in [4.69, 9.17) is 0 Å². The van der Waals surface area contributed by atoms with E-state index in [1.54, 1.807) is 15.9 Å². The Balaban J connectivity index is 1.60. The van der Waals surface area contributed by atoms with Crippen LogP contribution in [-0.4, -0.2) is 69.6 Å². The number of carbonyl (C=O) groups excluding carboxylic acids is 2. The summed E-state index contributed by atoms with van der Waals surface area (Å²) in [7, 11) is 1.91. The Morgan fingerprint density at radius 2 is 2.12 bits per heavy atom. The number of hydrogen-bond acceptors (Lipinski definition) is 5. The summed E-state index contributed by atoms with van der Waals surface area (Å²) in [4.78, 5) is 31.3. The summed E-state index contributed by atoms with van der Waals surface area (Å²) >= 11 is 0. The van der Waals surface area contributed by atoms with Crippen LogP contribution in [0.5, 0.6) is 0 Å². The average molecular weight is 342 g/mol. The van der Waals surface area contributed by atoms with Crippen LogP contribution in [0.2, 0.25) is 0 Å². The Bertz CT molecular complexity index is 728. The fourth-order valence-corrected chi connectivity index (χ4v) is 2.80. The zero-order chi connectivity index (χ0) is 17.8. The number of piperazine rings is 1. The van der Waals surface area contributed by atoms with Gasteiger partial charge in [0.15, 0.2) is 0 Å². The van der Waals surface area contributed by atoms with Crippen molar-refractivity contribution in [1.29, 1.82) is 0 Å². The van der Waals surface area contributed by atoms with Crippen molar-refractivity contribution in [3.05, 3.63) is 42.5 Å². The number of carbonyl (C=O) groups is 2. The monoisotopic (exact) mass is 342 g/mol. The summed E-state index contributed by atoms with van der Waals surface area (Å²) in [6.07, 6.45) is 3.15. The third kappa shape index (κ3) is 4.03. The number of amides is 2. The normalized spacial score (nSPS) is 16.0. The molecule has 1 N–H and O–H groups in total. The fraction of sp³-hybridized carbons (Fsp3) is 0.412. The molecular weight excluding hydrogens is 320 g/mol. The number of aromatic nitrogens is 3. The third-order valence-corrected chi connectivity index (χ3v) is 4.50. The lowest BCUT2D eigenvalue weighted by Crippen LogP contribution is -2.52. The van der Waals surface area contributed by atoms with Gasteiger partial charge in [-0.15, -0.1) is 0 Å². The smallest absolute Gasteiger partial charge is 0.239 e. The minimum absolute atomic E-state index is 0.0246. The summed E-state index contributed by atoms with van der Waals surface area (Å²) in [5.41, 5.74) is 2.04. The molecule has 3 rings (SSSR count). The van der Waals surface area contributed by atoms with Gasteiger partial charge in [-0.3, -0.25) is 14.5 Å². The van der Waals surface area contributed by atoms with Gasteiger partial charge in [0.25, 0.3) is 0 Å². The van der Waals surface area contributed by atoms with Crippen molar-refractivity contribution < 1.29 is 9.59 Å². The van der Waals surface area contributed by atoms with Gasteiger partial charge in [0.05, 0.1) is 18.8 Å². The molecule has 1 aliphatic heterocycles. The molecule has 1 fully saturated rings. The predicted octanol–water partition coefficient (Wildman–Crippen LogP) is 0.219. The van der Waals surface area contributed by atoms with Crippen molar-refractivity contribution in [2.45, 2.75) is 13.0 Å². The van der Waals surface area contributed by atoms with Gasteiger partial charge in [-0.25, -0.2) is 9.67 Å². The number of nitrogens with zero attached hydrogens (tertiary/aromatic N) is 5. The van der Waals surface area contributed by atoms with Crippen molar-refractivity contribution in [3.63, 3.8) is 0 Å². The van der Waals surface area contributed by atoms with Crippen LogP contribution < -0.4 is 5.32 Å². The van der Waals surface area contributed by atoms with Gasteiger partial charge in [0.1, 0.15) is 12.7 Å². The quantitative estimate of drug-likeness (QED) is 0.840. The van der Waals surface area contributed by atoms with E-state index in [0.717, 1.165) is 11.3 Å². The molecule has 0 unspecified atom stereocenters. The van der Waals surface area contributed by atoms with Gasteiger partial charge in [-0.05, 0) is 31.7 Å². The molecule has 1 aliphatic rings. The summed E-state index contributed by atoms with van der Waals surface area (Å²) < 4.78 is 1.70. The Morgan fingerprint density at radius 3 is 2.76 bits per heavy atom. The van der Waals surface area contributed by atoms with Crippen LogP contribution in [0, 0.1) is 0 Å². The van der Waals surface area contributed by atoms with Crippen LogP contribution in [0.1, 0.15) is 18.5 Å². The minimum atomic E-state index is -0.0981. The molecule has 0 bridgehead atoms. The maximum atomic E-state index is 12.4. The molecule has 1 saturated heterocycles. The number of rotatable bonds is 5.